The number of amides is 1. The molecule has 9 nitrogen and oxygen atoms in total. The van der Waals surface area contributed by atoms with Crippen LogP contribution >= 0.6 is 11.6 Å². The number of hydrogen-bond donors (Lipinski definition) is 1. The largest absolute Gasteiger partial charge is 0.465 e. The Hall–Kier alpha value is -2.95. The van der Waals surface area contributed by atoms with E-state index in [9.17, 15) is 23.1 Å². The molecule has 3 aromatic rings. The van der Waals surface area contributed by atoms with Crippen molar-refractivity contribution in [3.63, 3.8) is 0 Å². The lowest BCUT2D eigenvalue weighted by molar-refractivity contribution is 0.0719. The van der Waals surface area contributed by atoms with Crippen LogP contribution in [0.25, 0.3) is 16.6 Å². The minimum absolute atomic E-state index is 0.0946. The summed E-state index contributed by atoms with van der Waals surface area (Å²) in [7, 11) is -1.95. The van der Waals surface area contributed by atoms with Crippen LogP contribution < -0.4 is 5.56 Å². The van der Waals surface area contributed by atoms with Crippen molar-refractivity contribution in [2.45, 2.75) is 45.8 Å². The summed E-state index contributed by atoms with van der Waals surface area (Å²) in [5.74, 6) is 0.218. The molecule has 0 radical (unpaired) electrons. The fourth-order valence-corrected chi connectivity index (χ4v) is 4.69. The summed E-state index contributed by atoms with van der Waals surface area (Å²) >= 11 is 6.36. The van der Waals surface area contributed by atoms with Crippen molar-refractivity contribution in [1.29, 1.82) is 0 Å². The summed E-state index contributed by atoms with van der Waals surface area (Å²) in [6.07, 6.45) is -0.0378. The van der Waals surface area contributed by atoms with Gasteiger partial charge in [0.1, 0.15) is 5.82 Å². The lowest BCUT2D eigenvalue weighted by Crippen LogP contribution is -2.47. The average molecular weight is 521 g/mol. The van der Waals surface area contributed by atoms with Gasteiger partial charge in [-0.3, -0.25) is 14.3 Å². The van der Waals surface area contributed by atoms with Crippen molar-refractivity contribution in [2.24, 2.45) is 0 Å². The van der Waals surface area contributed by atoms with E-state index in [0.29, 0.717) is 16.8 Å². The molecule has 1 N–H and O–H groups in total. The molecule has 1 unspecified atom stereocenters. The van der Waals surface area contributed by atoms with Gasteiger partial charge < -0.3 is 5.11 Å². The molecule has 1 heterocycles. The third-order valence-electron chi connectivity index (χ3n) is 5.70. The first kappa shape index (κ1) is 26.7. The second kappa shape index (κ2) is 9.60. The molecule has 0 saturated carbocycles. The maximum absolute atomic E-state index is 13.8. The number of hydrogen-bond acceptors (Lipinski definition) is 5. The van der Waals surface area contributed by atoms with Crippen LogP contribution in [0.3, 0.4) is 0 Å². The van der Waals surface area contributed by atoms with Gasteiger partial charge in [-0.05, 0) is 57.5 Å². The third-order valence-corrected chi connectivity index (χ3v) is 7.28. The molecule has 0 aliphatic heterocycles. The van der Waals surface area contributed by atoms with Gasteiger partial charge >= 0.3 is 6.09 Å². The summed E-state index contributed by atoms with van der Waals surface area (Å²) < 4.78 is 26.3. The Balaban J connectivity index is 2.32. The van der Waals surface area contributed by atoms with Crippen molar-refractivity contribution in [3.05, 3.63) is 69.2 Å². The molecule has 0 fully saturated rings. The Bertz CT molecular complexity index is 1450. The smallest absolute Gasteiger partial charge is 0.408 e. The van der Waals surface area contributed by atoms with Crippen molar-refractivity contribution >= 4 is 38.6 Å². The minimum atomic E-state index is -3.42. The predicted octanol–water partition coefficient (Wildman–Crippen LogP) is 4.27. The van der Waals surface area contributed by atoms with E-state index in [4.69, 9.17) is 11.6 Å². The van der Waals surface area contributed by atoms with E-state index in [1.165, 1.54) is 20.8 Å². The number of nitrogens with zero attached hydrogens (tertiary/aromatic N) is 4. The highest BCUT2D eigenvalue weighted by atomic mass is 35.5. The normalized spacial score (nSPS) is 13.3. The van der Waals surface area contributed by atoms with Gasteiger partial charge in [0.2, 0.25) is 10.0 Å². The van der Waals surface area contributed by atoms with Gasteiger partial charge in [-0.25, -0.2) is 22.5 Å². The van der Waals surface area contributed by atoms with Crippen molar-refractivity contribution in [2.75, 3.05) is 13.3 Å². The maximum atomic E-state index is 13.8. The molecule has 0 aliphatic carbocycles. The zero-order chi connectivity index (χ0) is 26.3. The molecule has 11 heteroatoms. The van der Waals surface area contributed by atoms with E-state index in [-0.39, 0.29) is 22.8 Å². The molecular formula is C24H29ClN4O5S. The Morgan fingerprint density at radius 1 is 1.20 bits per heavy atom. The molecule has 188 valence electrons. The summed E-state index contributed by atoms with van der Waals surface area (Å²) in [4.78, 5) is 31.9. The quantitative estimate of drug-likeness (QED) is 0.519. The van der Waals surface area contributed by atoms with E-state index >= 15 is 0 Å². The Morgan fingerprint density at radius 3 is 2.40 bits per heavy atom. The van der Waals surface area contributed by atoms with E-state index in [0.717, 1.165) is 6.26 Å². The molecule has 2 aromatic carbocycles. The summed E-state index contributed by atoms with van der Waals surface area (Å²) in [6.45, 7) is 7.06. The first-order valence-corrected chi connectivity index (χ1v) is 13.1. The number of carbonyl (C=O) groups is 1. The molecule has 1 aromatic heterocycles. The molecule has 0 aliphatic rings. The van der Waals surface area contributed by atoms with Crippen molar-refractivity contribution in [3.8, 4) is 5.69 Å². The number of carboxylic acid groups (broad SMARTS) is 1. The standard InChI is InChI=1S/C24H29ClN4O5S/c1-15(29(23(31)32)24(2,3)4)21-26-19-12-8-11-18(25)20(19)22(30)28(21)17-10-7-9-16(13-17)14-27(5)35(6,33)34/h7-13,15H,14H2,1-6H3,(H,31,32). The minimum Gasteiger partial charge on any atom is -0.465 e. The molecule has 1 amide bonds. The number of fused-ring (bicyclic) bond motifs is 1. The van der Waals surface area contributed by atoms with Gasteiger partial charge in [0, 0.05) is 19.1 Å². The van der Waals surface area contributed by atoms with Crippen LogP contribution in [-0.2, 0) is 16.6 Å². The Morgan fingerprint density at radius 2 is 1.83 bits per heavy atom. The summed E-state index contributed by atoms with van der Waals surface area (Å²) in [6, 6.07) is 11.0. The number of rotatable bonds is 6. The molecule has 1 atom stereocenters. The van der Waals surface area contributed by atoms with E-state index < -0.39 is 33.3 Å². The van der Waals surface area contributed by atoms with E-state index in [2.05, 4.69) is 4.98 Å². The van der Waals surface area contributed by atoms with Crippen LogP contribution in [0.2, 0.25) is 5.02 Å². The van der Waals surface area contributed by atoms with Gasteiger partial charge in [0.05, 0.1) is 33.9 Å². The second-order valence-electron chi connectivity index (χ2n) is 9.43. The van der Waals surface area contributed by atoms with Gasteiger partial charge in [0.15, 0.2) is 0 Å². The summed E-state index contributed by atoms with van der Waals surface area (Å²) in [5.41, 5.74) is 0.191. The first-order valence-electron chi connectivity index (χ1n) is 10.9. The fraction of sp³-hybridized carbons (Fsp3) is 0.375. The van der Waals surface area contributed by atoms with Crippen LogP contribution in [0.4, 0.5) is 4.79 Å². The Kier molecular flexibility index (Phi) is 7.31. The fourth-order valence-electron chi connectivity index (χ4n) is 4.05. The molecule has 0 spiro atoms. The van der Waals surface area contributed by atoms with Crippen LogP contribution in [0.15, 0.2) is 47.3 Å². The highest BCUT2D eigenvalue weighted by Crippen LogP contribution is 2.30. The molecule has 35 heavy (non-hydrogen) atoms. The summed E-state index contributed by atoms with van der Waals surface area (Å²) in [5, 5.41) is 10.4. The zero-order valence-electron chi connectivity index (χ0n) is 20.5. The maximum Gasteiger partial charge on any atom is 0.408 e. The lowest BCUT2D eigenvalue weighted by atomic mass is 10.0. The van der Waals surface area contributed by atoms with Crippen LogP contribution in [-0.4, -0.2) is 57.2 Å². The average Bonchev–Trinajstić information content (AvgIpc) is 2.71. The topological polar surface area (TPSA) is 113 Å². The number of halogens is 1. The van der Waals surface area contributed by atoms with Gasteiger partial charge in [-0.2, -0.15) is 0 Å². The van der Waals surface area contributed by atoms with Crippen molar-refractivity contribution in [1.82, 2.24) is 18.8 Å². The monoisotopic (exact) mass is 520 g/mol. The van der Waals surface area contributed by atoms with E-state index in [1.807, 2.05) is 0 Å². The van der Waals surface area contributed by atoms with Crippen LogP contribution in [0.5, 0.6) is 0 Å². The van der Waals surface area contributed by atoms with Crippen LogP contribution in [0, 0.1) is 0 Å². The lowest BCUT2D eigenvalue weighted by Gasteiger charge is -2.38. The number of benzene rings is 2. The third kappa shape index (κ3) is 5.50. The molecule has 0 saturated heterocycles. The molecule has 0 bridgehead atoms. The highest BCUT2D eigenvalue weighted by Gasteiger charge is 2.34. The van der Waals surface area contributed by atoms with Gasteiger partial charge in [-0.1, -0.05) is 29.8 Å². The highest BCUT2D eigenvalue weighted by molar-refractivity contribution is 7.88. The predicted molar refractivity (Wildman–Crippen MR) is 137 cm³/mol. The van der Waals surface area contributed by atoms with Gasteiger partial charge in [-0.15, -0.1) is 0 Å². The number of aromatic nitrogens is 2. The van der Waals surface area contributed by atoms with Gasteiger partial charge in [0.25, 0.3) is 5.56 Å². The second-order valence-corrected chi connectivity index (χ2v) is 11.9. The molecule has 3 rings (SSSR count). The van der Waals surface area contributed by atoms with E-state index in [1.54, 1.807) is 70.2 Å². The first-order chi connectivity index (χ1) is 16.1. The Labute approximate surface area is 209 Å². The number of sulfonamides is 1. The van der Waals surface area contributed by atoms with Crippen LogP contribution in [0.1, 0.15) is 45.1 Å². The zero-order valence-corrected chi connectivity index (χ0v) is 22.1. The molecular weight excluding hydrogens is 492 g/mol. The SMILES string of the molecule is CC(c1nc2cccc(Cl)c2c(=O)n1-c1cccc(CN(C)S(C)(=O)=O)c1)N(C(=O)O)C(C)(C)C. The van der Waals surface area contributed by atoms with Crippen molar-refractivity contribution < 1.29 is 18.3 Å².